The van der Waals surface area contributed by atoms with Gasteiger partial charge in [0.1, 0.15) is 5.82 Å². The molecule has 0 heterocycles. The summed E-state index contributed by atoms with van der Waals surface area (Å²) in [5.74, 6) is -0.396. The molecule has 2 N–H and O–H groups in total. The normalized spacial score (nSPS) is 17.9. The molecule has 3 nitrogen and oxygen atoms in total. The van der Waals surface area contributed by atoms with Gasteiger partial charge in [-0.3, -0.25) is 0 Å². The van der Waals surface area contributed by atoms with Gasteiger partial charge in [0.2, 0.25) is 0 Å². The quantitative estimate of drug-likeness (QED) is 0.876. The minimum Gasteiger partial charge on any atom is -0.389 e. The number of hydrogen-bond donors (Lipinski definition) is 2. The Balaban J connectivity index is 1.88. The molecule has 2 rings (SSSR count). The predicted octanol–water partition coefficient (Wildman–Crippen LogP) is 2.48. The summed E-state index contributed by atoms with van der Waals surface area (Å²) in [6.07, 6.45) is 4.98. The molecule has 0 atom stereocenters. The summed E-state index contributed by atoms with van der Waals surface area (Å²) >= 11 is 0. The number of benzene rings is 1. The fourth-order valence-corrected chi connectivity index (χ4v) is 2.64. The van der Waals surface area contributed by atoms with E-state index in [1.54, 1.807) is 6.07 Å². The summed E-state index contributed by atoms with van der Waals surface area (Å²) in [4.78, 5) is 0. The summed E-state index contributed by atoms with van der Waals surface area (Å²) < 4.78 is 13.2. The van der Waals surface area contributed by atoms with Crippen LogP contribution in [0.25, 0.3) is 0 Å². The summed E-state index contributed by atoms with van der Waals surface area (Å²) in [6.45, 7) is 0.986. The molecular weight excluding hydrogens is 243 g/mol. The third-order valence-electron chi connectivity index (χ3n) is 3.65. The van der Waals surface area contributed by atoms with Crippen molar-refractivity contribution in [2.45, 2.75) is 44.2 Å². The zero-order chi connectivity index (χ0) is 13.7. The Hall–Kier alpha value is -1.44. The average Bonchev–Trinajstić information content (AvgIpc) is 2.38. The molecule has 0 bridgehead atoms. The molecule has 0 aliphatic heterocycles. The fraction of sp³-hybridized carbons (Fsp3) is 0.533. The monoisotopic (exact) mass is 262 g/mol. The second kappa shape index (κ2) is 6.14. The molecule has 0 unspecified atom stereocenters. The number of aliphatic hydroxyl groups is 1. The van der Waals surface area contributed by atoms with E-state index in [0.29, 0.717) is 18.7 Å². The minimum atomic E-state index is -0.621. The summed E-state index contributed by atoms with van der Waals surface area (Å²) in [6, 6.07) is 6.24. The molecule has 1 saturated carbocycles. The molecule has 0 radical (unpaired) electrons. The molecule has 0 saturated heterocycles. The van der Waals surface area contributed by atoms with Gasteiger partial charge in [0.15, 0.2) is 0 Å². The Morgan fingerprint density at radius 1 is 1.26 bits per heavy atom. The lowest BCUT2D eigenvalue weighted by atomic mass is 9.85. The number of halogens is 1. The van der Waals surface area contributed by atoms with Crippen LogP contribution in [-0.2, 0) is 6.54 Å². The third-order valence-corrected chi connectivity index (χ3v) is 3.65. The van der Waals surface area contributed by atoms with Gasteiger partial charge in [-0.2, -0.15) is 5.26 Å². The summed E-state index contributed by atoms with van der Waals surface area (Å²) in [5, 5.41) is 22.3. The van der Waals surface area contributed by atoms with Gasteiger partial charge in [-0.25, -0.2) is 4.39 Å². The predicted molar refractivity (Wildman–Crippen MR) is 70.9 cm³/mol. The number of nitrogens with zero attached hydrogens (tertiary/aromatic N) is 1. The Bertz CT molecular complexity index is 476. The first-order valence-electron chi connectivity index (χ1n) is 6.74. The second-order valence-corrected chi connectivity index (χ2v) is 5.35. The Morgan fingerprint density at radius 3 is 2.68 bits per heavy atom. The first-order valence-corrected chi connectivity index (χ1v) is 6.74. The second-order valence-electron chi connectivity index (χ2n) is 5.35. The van der Waals surface area contributed by atoms with Crippen LogP contribution < -0.4 is 5.32 Å². The Kier molecular flexibility index (Phi) is 4.52. The average molecular weight is 262 g/mol. The first-order chi connectivity index (χ1) is 9.11. The van der Waals surface area contributed by atoms with Crippen LogP contribution in [0.1, 0.15) is 43.2 Å². The summed E-state index contributed by atoms with van der Waals surface area (Å²) in [5.41, 5.74) is 0.438. The van der Waals surface area contributed by atoms with E-state index in [4.69, 9.17) is 5.26 Å². The van der Waals surface area contributed by atoms with Gasteiger partial charge < -0.3 is 10.4 Å². The van der Waals surface area contributed by atoms with Crippen LogP contribution in [0.15, 0.2) is 18.2 Å². The highest BCUT2D eigenvalue weighted by Gasteiger charge is 2.28. The van der Waals surface area contributed by atoms with Gasteiger partial charge in [0, 0.05) is 13.1 Å². The number of rotatable bonds is 4. The van der Waals surface area contributed by atoms with Gasteiger partial charge in [-0.1, -0.05) is 19.3 Å². The topological polar surface area (TPSA) is 56.0 Å². The highest BCUT2D eigenvalue weighted by molar-refractivity contribution is 5.33. The van der Waals surface area contributed by atoms with Crippen LogP contribution in [0.5, 0.6) is 0 Å². The molecule has 19 heavy (non-hydrogen) atoms. The van der Waals surface area contributed by atoms with Crippen molar-refractivity contribution in [2.75, 3.05) is 6.54 Å². The molecular formula is C15H19FN2O. The van der Waals surface area contributed by atoms with Gasteiger partial charge in [0.25, 0.3) is 0 Å². The van der Waals surface area contributed by atoms with E-state index in [1.807, 2.05) is 6.07 Å². The van der Waals surface area contributed by atoms with E-state index in [0.717, 1.165) is 31.2 Å². The van der Waals surface area contributed by atoms with Crippen molar-refractivity contribution in [3.63, 3.8) is 0 Å². The van der Waals surface area contributed by atoms with Crippen molar-refractivity contribution in [2.24, 2.45) is 0 Å². The third kappa shape index (κ3) is 4.02. The van der Waals surface area contributed by atoms with Gasteiger partial charge in [-0.15, -0.1) is 0 Å². The molecule has 102 valence electrons. The molecule has 1 aromatic rings. The molecule has 1 aliphatic rings. The van der Waals surface area contributed by atoms with Gasteiger partial charge >= 0.3 is 0 Å². The van der Waals surface area contributed by atoms with Crippen molar-refractivity contribution < 1.29 is 9.50 Å². The molecule has 0 amide bonds. The van der Waals surface area contributed by atoms with Crippen molar-refractivity contribution in [3.8, 4) is 6.07 Å². The van der Waals surface area contributed by atoms with Crippen LogP contribution in [0.2, 0.25) is 0 Å². The van der Waals surface area contributed by atoms with Crippen molar-refractivity contribution in [1.82, 2.24) is 5.32 Å². The Labute approximate surface area is 113 Å². The lowest BCUT2D eigenvalue weighted by Gasteiger charge is -2.32. The molecule has 0 spiro atoms. The van der Waals surface area contributed by atoms with E-state index < -0.39 is 11.4 Å². The van der Waals surface area contributed by atoms with E-state index in [2.05, 4.69) is 5.32 Å². The SMILES string of the molecule is N#Cc1cc(F)cc(CNCC2(O)CCCCC2)c1. The van der Waals surface area contributed by atoms with Crippen LogP contribution in [-0.4, -0.2) is 17.3 Å². The lowest BCUT2D eigenvalue weighted by molar-refractivity contribution is 0.00467. The Morgan fingerprint density at radius 2 is 2.00 bits per heavy atom. The maximum atomic E-state index is 13.2. The van der Waals surface area contributed by atoms with Crippen molar-refractivity contribution in [1.29, 1.82) is 5.26 Å². The zero-order valence-corrected chi connectivity index (χ0v) is 11.0. The molecule has 0 aromatic heterocycles. The maximum Gasteiger partial charge on any atom is 0.124 e. The van der Waals surface area contributed by atoms with Crippen molar-refractivity contribution in [3.05, 3.63) is 35.1 Å². The maximum absolute atomic E-state index is 13.2. The molecule has 4 heteroatoms. The summed E-state index contributed by atoms with van der Waals surface area (Å²) in [7, 11) is 0. The van der Waals surface area contributed by atoms with E-state index in [9.17, 15) is 9.50 Å². The largest absolute Gasteiger partial charge is 0.389 e. The number of nitriles is 1. The highest BCUT2D eigenvalue weighted by atomic mass is 19.1. The van der Waals surface area contributed by atoms with Gasteiger partial charge in [-0.05, 0) is 36.6 Å². The number of nitrogens with one attached hydrogen (secondary N) is 1. The lowest BCUT2D eigenvalue weighted by Crippen LogP contribution is -2.41. The van der Waals surface area contributed by atoms with Crippen LogP contribution in [0.3, 0.4) is 0 Å². The van der Waals surface area contributed by atoms with Crippen LogP contribution >= 0.6 is 0 Å². The smallest absolute Gasteiger partial charge is 0.124 e. The van der Waals surface area contributed by atoms with E-state index >= 15 is 0 Å². The van der Waals surface area contributed by atoms with Crippen LogP contribution in [0, 0.1) is 17.1 Å². The van der Waals surface area contributed by atoms with Crippen molar-refractivity contribution >= 4 is 0 Å². The number of hydrogen-bond acceptors (Lipinski definition) is 3. The standard InChI is InChI=1S/C15H19FN2O/c16-14-7-12(9-17)6-13(8-14)10-18-11-15(19)4-2-1-3-5-15/h6-8,18-19H,1-5,10-11H2. The van der Waals surface area contributed by atoms with Gasteiger partial charge in [0.05, 0.1) is 17.2 Å². The molecule has 1 fully saturated rings. The van der Waals surface area contributed by atoms with E-state index in [-0.39, 0.29) is 0 Å². The molecule has 1 aliphatic carbocycles. The molecule has 1 aromatic carbocycles. The van der Waals surface area contributed by atoms with E-state index in [1.165, 1.54) is 18.6 Å². The zero-order valence-electron chi connectivity index (χ0n) is 11.0. The van der Waals surface area contributed by atoms with Crippen LogP contribution in [0.4, 0.5) is 4.39 Å². The minimum absolute atomic E-state index is 0.327. The fourth-order valence-electron chi connectivity index (χ4n) is 2.64. The highest BCUT2D eigenvalue weighted by Crippen LogP contribution is 2.27. The first kappa shape index (κ1) is 14.0.